The second kappa shape index (κ2) is 11.2. The third-order valence-electron chi connectivity index (χ3n) is 11.5. The molecule has 0 aliphatic heterocycles. The van der Waals surface area contributed by atoms with Crippen LogP contribution in [0.5, 0.6) is 0 Å². The maximum absolute atomic E-state index is 2.45. The number of rotatable bonds is 5. The first kappa shape index (κ1) is 29.7. The number of anilines is 3. The zero-order chi connectivity index (χ0) is 34.2. The molecule has 0 saturated carbocycles. The third-order valence-corrected chi connectivity index (χ3v) is 11.5. The minimum atomic E-state index is -0.428. The van der Waals surface area contributed by atoms with Crippen molar-refractivity contribution in [2.24, 2.45) is 0 Å². The zero-order valence-corrected chi connectivity index (χ0v) is 28.8. The Bertz CT molecular complexity index is 2550. The normalized spacial score (nSPS) is 14.4. The molecule has 0 spiro atoms. The van der Waals surface area contributed by atoms with Crippen LogP contribution in [0.25, 0.3) is 33.0 Å². The summed E-state index contributed by atoms with van der Waals surface area (Å²) < 4.78 is 0. The molecule has 0 radical (unpaired) electrons. The van der Waals surface area contributed by atoms with Gasteiger partial charge in [-0.2, -0.15) is 0 Å². The number of hydrogen-bond acceptors (Lipinski definition) is 1. The van der Waals surface area contributed by atoms with Crippen molar-refractivity contribution >= 4 is 27.8 Å². The average Bonchev–Trinajstić information content (AvgIpc) is 3.61. The highest BCUT2D eigenvalue weighted by atomic mass is 15.1. The van der Waals surface area contributed by atoms with Crippen LogP contribution in [0.1, 0.15) is 47.2 Å². The van der Waals surface area contributed by atoms with Crippen molar-refractivity contribution in [3.8, 4) is 22.3 Å². The SMILES string of the molecule is CC1(C)c2cc3ccccc3cc2-c2c(N(c3ccccc3)c3ccc(C4(c5ccccc5)c5ccccc5-c5ccccc54)cc3)cccc21. The number of fused-ring (bicyclic) bond motifs is 7. The van der Waals surface area contributed by atoms with Gasteiger partial charge in [-0.15, -0.1) is 0 Å². The molecule has 0 bridgehead atoms. The highest BCUT2D eigenvalue weighted by Crippen LogP contribution is 2.57. The summed E-state index contributed by atoms with van der Waals surface area (Å²) in [7, 11) is 0. The molecule has 10 rings (SSSR count). The first-order valence-corrected chi connectivity index (χ1v) is 17.9. The molecule has 1 nitrogen and oxygen atoms in total. The summed E-state index contributed by atoms with van der Waals surface area (Å²) in [4.78, 5) is 2.45. The van der Waals surface area contributed by atoms with Gasteiger partial charge in [-0.25, -0.2) is 0 Å². The number of para-hydroxylation sites is 1. The summed E-state index contributed by atoms with van der Waals surface area (Å²) in [5.41, 5.74) is 16.1. The van der Waals surface area contributed by atoms with Gasteiger partial charge in [0, 0.05) is 22.4 Å². The van der Waals surface area contributed by atoms with Crippen molar-refractivity contribution in [1.82, 2.24) is 0 Å². The van der Waals surface area contributed by atoms with Gasteiger partial charge < -0.3 is 4.90 Å². The van der Waals surface area contributed by atoms with E-state index in [9.17, 15) is 0 Å². The Morgan fingerprint density at radius 1 is 0.373 bits per heavy atom. The number of nitrogens with zero attached hydrogens (tertiary/aromatic N) is 1. The molecular weight excluding hydrogens is 615 g/mol. The minimum absolute atomic E-state index is 0.123. The topological polar surface area (TPSA) is 3.24 Å². The first-order valence-electron chi connectivity index (χ1n) is 17.9. The predicted octanol–water partition coefficient (Wildman–Crippen LogP) is 13.0. The molecule has 0 N–H and O–H groups in total. The quantitative estimate of drug-likeness (QED) is 0.179. The molecule has 0 atom stereocenters. The number of hydrogen-bond donors (Lipinski definition) is 0. The highest BCUT2D eigenvalue weighted by Gasteiger charge is 2.46. The molecular formula is C50H37N. The van der Waals surface area contributed by atoms with Gasteiger partial charge in [0.05, 0.1) is 11.1 Å². The Kier molecular flexibility index (Phi) is 6.51. The van der Waals surface area contributed by atoms with Crippen LogP contribution in [0.15, 0.2) is 188 Å². The molecule has 0 saturated heterocycles. The van der Waals surface area contributed by atoms with Gasteiger partial charge in [0.25, 0.3) is 0 Å². The second-order valence-corrected chi connectivity index (χ2v) is 14.5. The van der Waals surface area contributed by atoms with E-state index in [1.165, 1.54) is 72.1 Å². The Morgan fingerprint density at radius 2 is 0.882 bits per heavy atom. The van der Waals surface area contributed by atoms with Gasteiger partial charge in [-0.05, 0) is 103 Å². The van der Waals surface area contributed by atoms with Gasteiger partial charge in [0.15, 0.2) is 0 Å². The fourth-order valence-corrected chi connectivity index (χ4v) is 9.22. The largest absolute Gasteiger partial charge is 0.310 e. The van der Waals surface area contributed by atoms with Crippen LogP contribution < -0.4 is 4.90 Å². The second-order valence-electron chi connectivity index (χ2n) is 14.5. The van der Waals surface area contributed by atoms with Crippen LogP contribution in [-0.2, 0) is 10.8 Å². The summed E-state index contributed by atoms with van der Waals surface area (Å²) >= 11 is 0. The molecule has 242 valence electrons. The maximum Gasteiger partial charge on any atom is 0.0713 e. The van der Waals surface area contributed by atoms with Crippen molar-refractivity contribution in [2.45, 2.75) is 24.7 Å². The standard InChI is InChI=1S/C50H37N/c1-49(2)45-26-15-27-47(48(45)42-32-34-16-9-10-17-35(34)33-46(42)49)51(38-20-7-4-8-21-38)39-30-28-37(29-31-39)50(36-18-5-3-6-19-36)43-24-13-11-22-40(43)41-23-12-14-25-44(41)50/h3-33H,1-2H3. The van der Waals surface area contributed by atoms with Gasteiger partial charge in [-0.1, -0.05) is 159 Å². The highest BCUT2D eigenvalue weighted by molar-refractivity contribution is 6.00. The zero-order valence-electron chi connectivity index (χ0n) is 28.8. The Morgan fingerprint density at radius 3 is 1.55 bits per heavy atom. The molecule has 1 heteroatoms. The monoisotopic (exact) mass is 651 g/mol. The van der Waals surface area contributed by atoms with Crippen LogP contribution >= 0.6 is 0 Å². The lowest BCUT2D eigenvalue weighted by Crippen LogP contribution is -2.28. The van der Waals surface area contributed by atoms with E-state index in [2.05, 4.69) is 207 Å². The van der Waals surface area contributed by atoms with E-state index in [1.54, 1.807) is 0 Å². The number of benzene rings is 8. The van der Waals surface area contributed by atoms with E-state index in [4.69, 9.17) is 0 Å². The van der Waals surface area contributed by atoms with Crippen LogP contribution in [0.2, 0.25) is 0 Å². The van der Waals surface area contributed by atoms with E-state index in [0.29, 0.717) is 0 Å². The van der Waals surface area contributed by atoms with Crippen LogP contribution in [0.4, 0.5) is 17.1 Å². The molecule has 0 amide bonds. The molecule has 0 aromatic heterocycles. The Hall–Kier alpha value is -6.18. The van der Waals surface area contributed by atoms with E-state index in [0.717, 1.165) is 11.4 Å². The molecule has 0 fully saturated rings. The van der Waals surface area contributed by atoms with Gasteiger partial charge in [0.2, 0.25) is 0 Å². The van der Waals surface area contributed by atoms with Crippen molar-refractivity contribution < 1.29 is 0 Å². The van der Waals surface area contributed by atoms with Crippen LogP contribution in [0.3, 0.4) is 0 Å². The van der Waals surface area contributed by atoms with E-state index in [1.807, 2.05) is 0 Å². The molecule has 2 aliphatic rings. The molecule has 8 aromatic rings. The average molecular weight is 652 g/mol. The van der Waals surface area contributed by atoms with E-state index in [-0.39, 0.29) is 5.41 Å². The summed E-state index contributed by atoms with van der Waals surface area (Å²) in [5, 5.41) is 2.56. The molecule has 0 unspecified atom stereocenters. The van der Waals surface area contributed by atoms with Crippen molar-refractivity contribution in [3.63, 3.8) is 0 Å². The summed E-state index contributed by atoms with van der Waals surface area (Å²) in [6.07, 6.45) is 0. The maximum atomic E-state index is 2.45. The Balaban J connectivity index is 1.19. The summed E-state index contributed by atoms with van der Waals surface area (Å²) in [6, 6.07) is 69.6. The van der Waals surface area contributed by atoms with Crippen LogP contribution in [0, 0.1) is 0 Å². The van der Waals surface area contributed by atoms with E-state index < -0.39 is 5.41 Å². The van der Waals surface area contributed by atoms with Gasteiger partial charge >= 0.3 is 0 Å². The predicted molar refractivity (Wildman–Crippen MR) is 213 cm³/mol. The van der Waals surface area contributed by atoms with Gasteiger partial charge in [0.1, 0.15) is 0 Å². The summed E-state index contributed by atoms with van der Waals surface area (Å²) in [6.45, 7) is 4.75. The lowest BCUT2D eigenvalue weighted by molar-refractivity contribution is 0.661. The smallest absolute Gasteiger partial charge is 0.0713 e. The van der Waals surface area contributed by atoms with Crippen LogP contribution in [-0.4, -0.2) is 0 Å². The fraction of sp³-hybridized carbons (Fsp3) is 0.0800. The molecule has 0 heterocycles. The summed E-state index contributed by atoms with van der Waals surface area (Å²) in [5.74, 6) is 0. The lowest BCUT2D eigenvalue weighted by Gasteiger charge is -2.34. The molecule has 2 aliphatic carbocycles. The Labute approximate surface area is 300 Å². The molecule has 8 aromatic carbocycles. The van der Waals surface area contributed by atoms with E-state index >= 15 is 0 Å². The van der Waals surface area contributed by atoms with Gasteiger partial charge in [-0.3, -0.25) is 0 Å². The fourth-order valence-electron chi connectivity index (χ4n) is 9.22. The molecule has 51 heavy (non-hydrogen) atoms. The van der Waals surface area contributed by atoms with Crippen molar-refractivity contribution in [3.05, 3.63) is 221 Å². The minimum Gasteiger partial charge on any atom is -0.310 e. The van der Waals surface area contributed by atoms with Crippen molar-refractivity contribution in [1.29, 1.82) is 0 Å². The third kappa shape index (κ3) is 4.22. The van der Waals surface area contributed by atoms with Crippen molar-refractivity contribution in [2.75, 3.05) is 4.90 Å². The first-order chi connectivity index (χ1) is 25.1. The lowest BCUT2D eigenvalue weighted by atomic mass is 9.68.